The average Bonchev–Trinajstić information content (AvgIpc) is 2.65. The van der Waals surface area contributed by atoms with Crippen molar-refractivity contribution in [1.82, 2.24) is 5.32 Å². The third-order valence-corrected chi connectivity index (χ3v) is 4.27. The van der Waals surface area contributed by atoms with Crippen molar-refractivity contribution in [2.75, 3.05) is 6.54 Å². The molecule has 0 aliphatic heterocycles. The van der Waals surface area contributed by atoms with Gasteiger partial charge in [0.25, 0.3) is 0 Å². The molecule has 0 saturated heterocycles. The summed E-state index contributed by atoms with van der Waals surface area (Å²) in [5.41, 5.74) is 1.94. The molecule has 1 N–H and O–H groups in total. The first-order chi connectivity index (χ1) is 9.20. The van der Waals surface area contributed by atoms with Crippen LogP contribution in [0.3, 0.4) is 0 Å². The highest BCUT2D eigenvalue weighted by Crippen LogP contribution is 2.32. The highest BCUT2D eigenvalue weighted by atomic mass is 19.1. The Kier molecular flexibility index (Phi) is 5.38. The maximum atomic E-state index is 13.7. The highest BCUT2D eigenvalue weighted by molar-refractivity contribution is 5.26. The van der Waals surface area contributed by atoms with Gasteiger partial charge in [0.15, 0.2) is 0 Å². The molecule has 0 radical (unpaired) electrons. The van der Waals surface area contributed by atoms with E-state index in [2.05, 4.69) is 18.3 Å². The number of halogens is 1. The van der Waals surface area contributed by atoms with E-state index in [1.807, 2.05) is 13.0 Å². The zero-order chi connectivity index (χ0) is 13.7. The van der Waals surface area contributed by atoms with Crippen molar-refractivity contribution in [2.24, 2.45) is 0 Å². The van der Waals surface area contributed by atoms with Crippen LogP contribution in [0.1, 0.15) is 62.5 Å². The molecule has 2 rings (SSSR count). The summed E-state index contributed by atoms with van der Waals surface area (Å²) in [5, 5.41) is 3.64. The molecule has 0 bridgehead atoms. The number of benzene rings is 1. The summed E-state index contributed by atoms with van der Waals surface area (Å²) in [6, 6.07) is 6.40. The Morgan fingerprint density at radius 3 is 2.79 bits per heavy atom. The van der Waals surface area contributed by atoms with Gasteiger partial charge in [-0.15, -0.1) is 0 Å². The van der Waals surface area contributed by atoms with Crippen LogP contribution in [0.15, 0.2) is 18.2 Å². The fourth-order valence-electron chi connectivity index (χ4n) is 3.06. The molecule has 0 aromatic heterocycles. The molecule has 1 nitrogen and oxygen atoms in total. The van der Waals surface area contributed by atoms with Gasteiger partial charge in [-0.05, 0) is 62.3 Å². The van der Waals surface area contributed by atoms with E-state index in [4.69, 9.17) is 0 Å². The van der Waals surface area contributed by atoms with E-state index >= 15 is 0 Å². The van der Waals surface area contributed by atoms with Gasteiger partial charge in [-0.25, -0.2) is 4.39 Å². The Hall–Kier alpha value is -0.890. The summed E-state index contributed by atoms with van der Waals surface area (Å²) in [5.74, 6) is 0.465. The van der Waals surface area contributed by atoms with Crippen molar-refractivity contribution >= 4 is 0 Å². The minimum absolute atomic E-state index is 0.0557. The second-order valence-electron chi connectivity index (χ2n) is 5.88. The standard InChI is InChI=1S/C17H26FN/c1-3-10-19-16-7-5-4-6-14(11-16)15-9-8-13(2)17(18)12-15/h8-9,12,14,16,19H,3-7,10-11H2,1-2H3. The third-order valence-electron chi connectivity index (χ3n) is 4.27. The van der Waals surface area contributed by atoms with Crippen molar-refractivity contribution in [2.45, 2.75) is 64.3 Å². The second-order valence-corrected chi connectivity index (χ2v) is 5.88. The Morgan fingerprint density at radius 2 is 2.05 bits per heavy atom. The summed E-state index contributed by atoms with van der Waals surface area (Å²) in [6.07, 6.45) is 7.37. The van der Waals surface area contributed by atoms with E-state index in [-0.39, 0.29) is 5.82 Å². The van der Waals surface area contributed by atoms with E-state index in [0.29, 0.717) is 12.0 Å². The quantitative estimate of drug-likeness (QED) is 0.786. The molecule has 1 aromatic carbocycles. The third kappa shape index (κ3) is 4.04. The molecule has 1 aromatic rings. The van der Waals surface area contributed by atoms with Gasteiger partial charge in [-0.3, -0.25) is 0 Å². The van der Waals surface area contributed by atoms with Gasteiger partial charge in [0.1, 0.15) is 5.82 Å². The first-order valence-electron chi connectivity index (χ1n) is 7.70. The van der Waals surface area contributed by atoms with Crippen LogP contribution in [-0.2, 0) is 0 Å². The van der Waals surface area contributed by atoms with E-state index in [9.17, 15) is 4.39 Å². The summed E-state index contributed by atoms with van der Waals surface area (Å²) < 4.78 is 13.7. The second kappa shape index (κ2) is 7.04. The smallest absolute Gasteiger partial charge is 0.126 e. The van der Waals surface area contributed by atoms with Crippen LogP contribution >= 0.6 is 0 Å². The minimum atomic E-state index is -0.0557. The zero-order valence-electron chi connectivity index (χ0n) is 12.2. The molecule has 2 heteroatoms. The number of aryl methyl sites for hydroxylation is 1. The van der Waals surface area contributed by atoms with Crippen LogP contribution in [-0.4, -0.2) is 12.6 Å². The predicted molar refractivity (Wildman–Crippen MR) is 79.0 cm³/mol. The van der Waals surface area contributed by atoms with Gasteiger partial charge in [0, 0.05) is 6.04 Å². The van der Waals surface area contributed by atoms with Crippen LogP contribution in [0.2, 0.25) is 0 Å². The van der Waals surface area contributed by atoms with Crippen molar-refractivity contribution in [3.8, 4) is 0 Å². The van der Waals surface area contributed by atoms with Crippen LogP contribution in [0.5, 0.6) is 0 Å². The maximum Gasteiger partial charge on any atom is 0.126 e. The summed E-state index contributed by atoms with van der Waals surface area (Å²) in [4.78, 5) is 0. The average molecular weight is 263 g/mol. The van der Waals surface area contributed by atoms with Gasteiger partial charge in [-0.2, -0.15) is 0 Å². The highest BCUT2D eigenvalue weighted by Gasteiger charge is 2.21. The minimum Gasteiger partial charge on any atom is -0.314 e. The number of rotatable bonds is 4. The van der Waals surface area contributed by atoms with Gasteiger partial charge < -0.3 is 5.32 Å². The Labute approximate surface area is 116 Å². The summed E-state index contributed by atoms with van der Waals surface area (Å²) in [6.45, 7) is 5.13. The molecule has 1 aliphatic rings. The van der Waals surface area contributed by atoms with E-state index < -0.39 is 0 Å². The van der Waals surface area contributed by atoms with E-state index in [1.54, 1.807) is 6.07 Å². The Bertz CT molecular complexity index is 402. The number of hydrogen-bond acceptors (Lipinski definition) is 1. The monoisotopic (exact) mass is 263 g/mol. The van der Waals surface area contributed by atoms with Crippen LogP contribution < -0.4 is 5.32 Å². The first kappa shape index (κ1) is 14.5. The molecule has 1 fully saturated rings. The first-order valence-corrected chi connectivity index (χ1v) is 7.70. The lowest BCUT2D eigenvalue weighted by Gasteiger charge is -2.21. The van der Waals surface area contributed by atoms with Gasteiger partial charge in [-0.1, -0.05) is 31.9 Å². The molecule has 19 heavy (non-hydrogen) atoms. The number of hydrogen-bond donors (Lipinski definition) is 1. The molecule has 2 atom stereocenters. The molecular weight excluding hydrogens is 237 g/mol. The lowest BCUT2D eigenvalue weighted by molar-refractivity contribution is 0.439. The van der Waals surface area contributed by atoms with Gasteiger partial charge in [0.05, 0.1) is 0 Å². The van der Waals surface area contributed by atoms with Crippen LogP contribution in [0.25, 0.3) is 0 Å². The van der Waals surface area contributed by atoms with Crippen molar-refractivity contribution in [1.29, 1.82) is 0 Å². The lowest BCUT2D eigenvalue weighted by Crippen LogP contribution is -2.30. The fourth-order valence-corrected chi connectivity index (χ4v) is 3.06. The van der Waals surface area contributed by atoms with Crippen molar-refractivity contribution in [3.05, 3.63) is 35.1 Å². The van der Waals surface area contributed by atoms with Crippen molar-refractivity contribution < 1.29 is 4.39 Å². The molecule has 0 spiro atoms. The van der Waals surface area contributed by atoms with Crippen LogP contribution in [0.4, 0.5) is 4.39 Å². The summed E-state index contributed by atoms with van der Waals surface area (Å²) in [7, 11) is 0. The molecule has 106 valence electrons. The maximum absolute atomic E-state index is 13.7. The zero-order valence-corrected chi connectivity index (χ0v) is 12.2. The molecule has 1 saturated carbocycles. The molecular formula is C17H26FN. The normalized spacial score (nSPS) is 24.2. The van der Waals surface area contributed by atoms with E-state index in [1.165, 1.54) is 37.7 Å². The molecule has 1 aliphatic carbocycles. The molecule has 2 unspecified atom stereocenters. The Morgan fingerprint density at radius 1 is 1.26 bits per heavy atom. The fraction of sp³-hybridized carbons (Fsp3) is 0.647. The molecule has 0 heterocycles. The largest absolute Gasteiger partial charge is 0.314 e. The van der Waals surface area contributed by atoms with Gasteiger partial charge >= 0.3 is 0 Å². The van der Waals surface area contributed by atoms with E-state index in [0.717, 1.165) is 18.5 Å². The topological polar surface area (TPSA) is 12.0 Å². The van der Waals surface area contributed by atoms with Crippen LogP contribution in [0, 0.1) is 12.7 Å². The lowest BCUT2D eigenvalue weighted by atomic mass is 9.89. The SMILES string of the molecule is CCCNC1CCCCC(c2ccc(C)c(F)c2)C1. The molecule has 0 amide bonds. The Balaban J connectivity index is 2.06. The predicted octanol–water partition coefficient (Wildman–Crippen LogP) is 4.55. The van der Waals surface area contributed by atoms with Gasteiger partial charge in [0.2, 0.25) is 0 Å². The summed E-state index contributed by atoms with van der Waals surface area (Å²) >= 11 is 0. The van der Waals surface area contributed by atoms with Crippen molar-refractivity contribution in [3.63, 3.8) is 0 Å². The number of nitrogens with one attached hydrogen (secondary N) is 1.